The molecular formula is C19H21N5O. The minimum atomic E-state index is 0.120. The van der Waals surface area contributed by atoms with Gasteiger partial charge >= 0.3 is 0 Å². The molecule has 1 aliphatic heterocycles. The van der Waals surface area contributed by atoms with Crippen molar-refractivity contribution in [1.82, 2.24) is 19.7 Å². The van der Waals surface area contributed by atoms with E-state index in [0.717, 1.165) is 48.2 Å². The van der Waals surface area contributed by atoms with E-state index >= 15 is 0 Å². The third-order valence-electron chi connectivity index (χ3n) is 4.83. The lowest BCUT2D eigenvalue weighted by molar-refractivity contribution is 0.0720. The number of carbonyl (C=O) groups excluding carboxylic acids is 1. The molecule has 0 atom stereocenters. The molecule has 1 amide bonds. The summed E-state index contributed by atoms with van der Waals surface area (Å²) in [5, 5.41) is 12.4. The summed E-state index contributed by atoms with van der Waals surface area (Å²) in [6.07, 6.45) is 5.42. The van der Waals surface area contributed by atoms with E-state index in [1.807, 2.05) is 59.1 Å². The van der Waals surface area contributed by atoms with E-state index in [9.17, 15) is 4.79 Å². The Morgan fingerprint density at radius 2 is 1.96 bits per heavy atom. The van der Waals surface area contributed by atoms with Crippen molar-refractivity contribution >= 4 is 22.6 Å². The molecule has 2 aromatic heterocycles. The molecule has 1 saturated heterocycles. The lowest BCUT2D eigenvalue weighted by Gasteiger charge is -2.32. The number of piperidine rings is 1. The van der Waals surface area contributed by atoms with Crippen molar-refractivity contribution in [3.63, 3.8) is 0 Å². The number of amides is 1. The van der Waals surface area contributed by atoms with Gasteiger partial charge in [-0.3, -0.25) is 4.79 Å². The van der Waals surface area contributed by atoms with Crippen molar-refractivity contribution in [1.29, 1.82) is 0 Å². The molecule has 0 bridgehead atoms. The van der Waals surface area contributed by atoms with Crippen molar-refractivity contribution in [3.05, 3.63) is 54.4 Å². The van der Waals surface area contributed by atoms with Crippen molar-refractivity contribution < 1.29 is 4.79 Å². The van der Waals surface area contributed by atoms with Gasteiger partial charge in [-0.05, 0) is 31.0 Å². The van der Waals surface area contributed by atoms with Crippen LogP contribution in [0.3, 0.4) is 0 Å². The van der Waals surface area contributed by atoms with E-state index in [2.05, 4.69) is 15.5 Å². The molecule has 4 rings (SSSR count). The van der Waals surface area contributed by atoms with Crippen LogP contribution in [-0.2, 0) is 7.05 Å². The number of carbonyl (C=O) groups is 1. The summed E-state index contributed by atoms with van der Waals surface area (Å²) in [6, 6.07) is 12.2. The maximum absolute atomic E-state index is 13.0. The molecule has 0 spiro atoms. The van der Waals surface area contributed by atoms with Crippen LogP contribution in [-0.4, -0.2) is 44.7 Å². The monoisotopic (exact) mass is 335 g/mol. The van der Waals surface area contributed by atoms with Gasteiger partial charge in [-0.1, -0.05) is 18.2 Å². The molecule has 6 heteroatoms. The smallest absolute Gasteiger partial charge is 0.256 e. The van der Waals surface area contributed by atoms with Gasteiger partial charge in [0.2, 0.25) is 0 Å². The first-order valence-corrected chi connectivity index (χ1v) is 8.60. The summed E-state index contributed by atoms with van der Waals surface area (Å²) in [5.41, 5.74) is 1.88. The average molecular weight is 335 g/mol. The molecule has 128 valence electrons. The van der Waals surface area contributed by atoms with E-state index in [1.54, 1.807) is 6.20 Å². The summed E-state index contributed by atoms with van der Waals surface area (Å²) in [6.45, 7) is 1.50. The Balaban J connectivity index is 1.44. The zero-order chi connectivity index (χ0) is 17.2. The first kappa shape index (κ1) is 15.6. The van der Waals surface area contributed by atoms with Crippen LogP contribution < -0.4 is 5.32 Å². The highest BCUT2D eigenvalue weighted by molar-refractivity contribution is 6.07. The number of likely N-dealkylation sites (tertiary alicyclic amines) is 1. The highest BCUT2D eigenvalue weighted by Crippen LogP contribution is 2.23. The van der Waals surface area contributed by atoms with Gasteiger partial charge in [0.25, 0.3) is 5.91 Å². The normalized spacial score (nSPS) is 15.5. The number of anilines is 1. The molecule has 1 N–H and O–H groups in total. The number of fused-ring (bicyclic) bond motifs is 1. The second-order valence-corrected chi connectivity index (χ2v) is 6.49. The van der Waals surface area contributed by atoms with Crippen LogP contribution in [0.4, 0.5) is 5.82 Å². The van der Waals surface area contributed by atoms with Crippen LogP contribution in [0.5, 0.6) is 0 Å². The SMILES string of the molecule is Cn1cc(C(=O)N2CCC(Nc3cccnn3)CC2)c2ccccc21. The van der Waals surface area contributed by atoms with Gasteiger partial charge in [-0.15, -0.1) is 5.10 Å². The number of hydrogen-bond acceptors (Lipinski definition) is 4. The molecule has 3 aromatic rings. The maximum atomic E-state index is 13.0. The predicted molar refractivity (Wildman–Crippen MR) is 97.5 cm³/mol. The number of para-hydroxylation sites is 1. The van der Waals surface area contributed by atoms with Crippen LogP contribution >= 0.6 is 0 Å². The van der Waals surface area contributed by atoms with E-state index in [-0.39, 0.29) is 5.91 Å². The van der Waals surface area contributed by atoms with Crippen LogP contribution in [0.2, 0.25) is 0 Å². The fourth-order valence-electron chi connectivity index (χ4n) is 3.50. The summed E-state index contributed by atoms with van der Waals surface area (Å²) >= 11 is 0. The van der Waals surface area contributed by atoms with Crippen molar-refractivity contribution in [2.45, 2.75) is 18.9 Å². The zero-order valence-corrected chi connectivity index (χ0v) is 14.2. The van der Waals surface area contributed by atoms with Crippen LogP contribution in [0.15, 0.2) is 48.8 Å². The van der Waals surface area contributed by atoms with Crippen molar-refractivity contribution in [3.8, 4) is 0 Å². The number of benzene rings is 1. The Kier molecular flexibility index (Phi) is 4.09. The zero-order valence-electron chi connectivity index (χ0n) is 14.2. The standard InChI is InChI=1S/C19H21N5O/c1-23-13-16(15-5-2-3-6-17(15)23)19(25)24-11-8-14(9-12-24)21-18-7-4-10-20-22-18/h2-7,10,13-14H,8-9,11-12H2,1H3,(H,21,22). The molecule has 0 radical (unpaired) electrons. The summed E-state index contributed by atoms with van der Waals surface area (Å²) in [4.78, 5) is 14.9. The molecule has 1 aliphatic rings. The molecule has 0 aliphatic carbocycles. The number of nitrogens with one attached hydrogen (secondary N) is 1. The van der Waals surface area contributed by atoms with Crippen LogP contribution in [0, 0.1) is 0 Å². The fourth-order valence-corrected chi connectivity index (χ4v) is 3.50. The van der Waals surface area contributed by atoms with E-state index in [0.29, 0.717) is 6.04 Å². The summed E-state index contributed by atoms with van der Waals surface area (Å²) in [7, 11) is 1.98. The third kappa shape index (κ3) is 3.07. The molecule has 25 heavy (non-hydrogen) atoms. The molecule has 0 unspecified atom stereocenters. The fraction of sp³-hybridized carbons (Fsp3) is 0.316. The molecule has 6 nitrogen and oxygen atoms in total. The number of rotatable bonds is 3. The Morgan fingerprint density at radius 1 is 1.16 bits per heavy atom. The highest BCUT2D eigenvalue weighted by atomic mass is 16.2. The van der Waals surface area contributed by atoms with Gasteiger partial charge in [0.15, 0.2) is 0 Å². The van der Waals surface area contributed by atoms with Gasteiger partial charge in [0.05, 0.1) is 5.56 Å². The number of hydrogen-bond donors (Lipinski definition) is 1. The highest BCUT2D eigenvalue weighted by Gasteiger charge is 2.25. The molecule has 3 heterocycles. The first-order valence-electron chi connectivity index (χ1n) is 8.60. The van der Waals surface area contributed by atoms with E-state index in [4.69, 9.17) is 0 Å². The third-order valence-corrected chi connectivity index (χ3v) is 4.83. The van der Waals surface area contributed by atoms with Gasteiger partial charge < -0.3 is 14.8 Å². The maximum Gasteiger partial charge on any atom is 0.256 e. The van der Waals surface area contributed by atoms with E-state index in [1.165, 1.54) is 0 Å². The summed E-state index contributed by atoms with van der Waals surface area (Å²) in [5.74, 6) is 0.913. The minimum absolute atomic E-state index is 0.120. The van der Waals surface area contributed by atoms with Crippen LogP contribution in [0.1, 0.15) is 23.2 Å². The Labute approximate surface area is 146 Å². The van der Waals surface area contributed by atoms with E-state index < -0.39 is 0 Å². The molecule has 1 fully saturated rings. The van der Waals surface area contributed by atoms with Gasteiger partial charge in [0, 0.05) is 49.5 Å². The van der Waals surface area contributed by atoms with Gasteiger partial charge in [0.1, 0.15) is 5.82 Å². The van der Waals surface area contributed by atoms with Crippen molar-refractivity contribution in [2.75, 3.05) is 18.4 Å². The topological polar surface area (TPSA) is 63.1 Å². The lowest BCUT2D eigenvalue weighted by atomic mass is 10.0. The Bertz CT molecular complexity index is 881. The Hall–Kier alpha value is -2.89. The van der Waals surface area contributed by atoms with Gasteiger partial charge in [-0.2, -0.15) is 5.10 Å². The number of aryl methyl sites for hydroxylation is 1. The second kappa shape index (κ2) is 6.55. The van der Waals surface area contributed by atoms with Crippen molar-refractivity contribution in [2.24, 2.45) is 7.05 Å². The molecule has 1 aromatic carbocycles. The second-order valence-electron chi connectivity index (χ2n) is 6.49. The lowest BCUT2D eigenvalue weighted by Crippen LogP contribution is -2.42. The first-order chi connectivity index (χ1) is 12.2. The summed E-state index contributed by atoms with van der Waals surface area (Å²) < 4.78 is 2.02. The predicted octanol–water partition coefficient (Wildman–Crippen LogP) is 2.69. The largest absolute Gasteiger partial charge is 0.366 e. The average Bonchev–Trinajstić information content (AvgIpc) is 3.00. The minimum Gasteiger partial charge on any atom is -0.366 e. The molecule has 0 saturated carbocycles. The van der Waals surface area contributed by atoms with Crippen LogP contribution in [0.25, 0.3) is 10.9 Å². The number of nitrogens with zero attached hydrogens (tertiary/aromatic N) is 4. The quantitative estimate of drug-likeness (QED) is 0.799. The number of aromatic nitrogens is 3. The van der Waals surface area contributed by atoms with Gasteiger partial charge in [-0.25, -0.2) is 0 Å². The Morgan fingerprint density at radius 3 is 2.72 bits per heavy atom. The molecular weight excluding hydrogens is 314 g/mol.